The van der Waals surface area contributed by atoms with Gasteiger partial charge in [-0.1, -0.05) is 20.3 Å². The number of sulfonamides is 1. The van der Waals surface area contributed by atoms with Gasteiger partial charge in [0.15, 0.2) is 0 Å². The zero-order valence-electron chi connectivity index (χ0n) is 20.7. The summed E-state index contributed by atoms with van der Waals surface area (Å²) in [5.74, 6) is 1.16. The van der Waals surface area contributed by atoms with Gasteiger partial charge in [0.1, 0.15) is 10.7 Å². The average Bonchev–Trinajstić information content (AvgIpc) is 2.86. The molecule has 1 aliphatic carbocycles. The van der Waals surface area contributed by atoms with Crippen LogP contribution in [0.5, 0.6) is 0 Å². The van der Waals surface area contributed by atoms with Gasteiger partial charge in [-0.05, 0) is 50.7 Å². The summed E-state index contributed by atoms with van der Waals surface area (Å²) in [6, 6.07) is 3.37. The van der Waals surface area contributed by atoms with Crippen LogP contribution in [-0.4, -0.2) is 76.3 Å². The van der Waals surface area contributed by atoms with E-state index in [2.05, 4.69) is 27.5 Å². The van der Waals surface area contributed by atoms with Gasteiger partial charge >= 0.3 is 0 Å². The lowest BCUT2D eigenvalue weighted by atomic mass is 9.93. The topological polar surface area (TPSA) is 141 Å². The van der Waals surface area contributed by atoms with Crippen LogP contribution in [0.3, 0.4) is 0 Å². The van der Waals surface area contributed by atoms with Gasteiger partial charge in [0.25, 0.3) is 0 Å². The molecule has 3 rings (SSSR count). The van der Waals surface area contributed by atoms with E-state index in [1.54, 1.807) is 12.3 Å². The van der Waals surface area contributed by atoms with Crippen LogP contribution in [-0.2, 0) is 10.0 Å². The quantitative estimate of drug-likeness (QED) is 0.302. The lowest BCUT2D eigenvalue weighted by molar-refractivity contribution is 0.126. The second-order valence-corrected chi connectivity index (χ2v) is 10.8. The van der Waals surface area contributed by atoms with Crippen molar-refractivity contribution in [2.45, 2.75) is 75.8 Å². The summed E-state index contributed by atoms with van der Waals surface area (Å²) in [6.07, 6.45) is 8.68. The molecule has 1 saturated carbocycles. The number of unbranched alkanes of at least 4 members (excludes halogenated alkanes) is 1. The van der Waals surface area contributed by atoms with Crippen LogP contribution in [0, 0.1) is 0 Å². The van der Waals surface area contributed by atoms with E-state index < -0.39 is 10.0 Å². The smallest absolute Gasteiger partial charge is 0.244 e. The number of anilines is 2. The summed E-state index contributed by atoms with van der Waals surface area (Å²) in [5, 5.41) is 25.9. The second-order valence-electron chi connectivity index (χ2n) is 8.89. The molecule has 4 N–H and O–H groups in total. The molecule has 11 heteroatoms. The van der Waals surface area contributed by atoms with E-state index in [-0.39, 0.29) is 30.2 Å². The monoisotopic (exact) mass is 506 g/mol. The minimum atomic E-state index is -3.75. The van der Waals surface area contributed by atoms with Crippen LogP contribution >= 0.6 is 0 Å². The molecule has 1 fully saturated rings. The number of nitrogens with one attached hydrogen (secondary N) is 2. The fourth-order valence-corrected chi connectivity index (χ4v) is 5.58. The molecule has 0 aliphatic heterocycles. The van der Waals surface area contributed by atoms with Crippen molar-refractivity contribution in [2.24, 2.45) is 0 Å². The third kappa shape index (κ3) is 7.33. The standard InChI is InChI=1S/C24H38N6O4S/c1-3-5-12-25-24-27-17-21(23(29-24)28-18-6-8-19(32)9-7-18)22-11-10-20(16-26-22)35(33,34)30(13-4-2)14-15-31/h10-11,16-19,31-32H,3-9,12-15H2,1-2H3,(H2,25,27,28,29). The first kappa shape index (κ1) is 27.3. The van der Waals surface area contributed by atoms with E-state index in [9.17, 15) is 18.6 Å². The lowest BCUT2D eigenvalue weighted by Crippen LogP contribution is -2.34. The number of rotatable bonds is 13. The van der Waals surface area contributed by atoms with Crippen molar-refractivity contribution in [1.29, 1.82) is 0 Å². The first-order chi connectivity index (χ1) is 16.9. The maximum atomic E-state index is 13.0. The van der Waals surface area contributed by atoms with Gasteiger partial charge in [0.05, 0.1) is 24.0 Å². The van der Waals surface area contributed by atoms with Crippen molar-refractivity contribution in [3.8, 4) is 11.3 Å². The number of hydrogen-bond acceptors (Lipinski definition) is 9. The average molecular weight is 507 g/mol. The van der Waals surface area contributed by atoms with Crippen molar-refractivity contribution in [3.63, 3.8) is 0 Å². The molecule has 0 spiro atoms. The molecule has 2 aromatic rings. The second kappa shape index (κ2) is 13.1. The Kier molecular flexibility index (Phi) is 10.2. The Bertz CT molecular complexity index is 1020. The maximum absolute atomic E-state index is 13.0. The molecule has 1 aliphatic rings. The number of aromatic nitrogens is 3. The van der Waals surface area contributed by atoms with Crippen LogP contribution in [0.4, 0.5) is 11.8 Å². The highest BCUT2D eigenvalue weighted by Gasteiger charge is 2.25. The number of hydrogen-bond donors (Lipinski definition) is 4. The summed E-state index contributed by atoms with van der Waals surface area (Å²) < 4.78 is 27.3. The van der Waals surface area contributed by atoms with E-state index >= 15 is 0 Å². The Morgan fingerprint density at radius 3 is 2.46 bits per heavy atom. The van der Waals surface area contributed by atoms with E-state index in [1.165, 1.54) is 16.6 Å². The van der Waals surface area contributed by atoms with Gasteiger partial charge in [-0.2, -0.15) is 9.29 Å². The molecule has 0 aromatic carbocycles. The highest BCUT2D eigenvalue weighted by molar-refractivity contribution is 7.89. The summed E-state index contributed by atoms with van der Waals surface area (Å²) >= 11 is 0. The highest BCUT2D eigenvalue weighted by Crippen LogP contribution is 2.29. The van der Waals surface area contributed by atoms with Crippen LogP contribution in [0.25, 0.3) is 11.3 Å². The van der Waals surface area contributed by atoms with E-state index in [0.717, 1.165) is 45.1 Å². The highest BCUT2D eigenvalue weighted by atomic mass is 32.2. The lowest BCUT2D eigenvalue weighted by Gasteiger charge is -2.27. The Labute approximate surface area is 208 Å². The number of nitrogens with zero attached hydrogens (tertiary/aromatic N) is 4. The van der Waals surface area contributed by atoms with Crippen LogP contribution in [0.1, 0.15) is 58.8 Å². The number of pyridine rings is 1. The van der Waals surface area contributed by atoms with Crippen molar-refractivity contribution < 1.29 is 18.6 Å². The normalized spacial score (nSPS) is 18.5. The molecule has 0 amide bonds. The van der Waals surface area contributed by atoms with E-state index in [0.29, 0.717) is 36.0 Å². The third-order valence-corrected chi connectivity index (χ3v) is 7.99. The molecule has 194 valence electrons. The molecule has 2 aromatic heterocycles. The van der Waals surface area contributed by atoms with Gasteiger partial charge in [-0.3, -0.25) is 4.98 Å². The van der Waals surface area contributed by atoms with Gasteiger partial charge in [0.2, 0.25) is 16.0 Å². The van der Waals surface area contributed by atoms with Crippen LogP contribution in [0.15, 0.2) is 29.4 Å². The third-order valence-electron chi connectivity index (χ3n) is 6.11. The first-order valence-corrected chi connectivity index (χ1v) is 14.0. The van der Waals surface area contributed by atoms with Gasteiger partial charge in [0, 0.05) is 38.1 Å². The molecule has 0 atom stereocenters. The Hall–Kier alpha value is -2.34. The van der Waals surface area contributed by atoms with Crippen molar-refractivity contribution in [1.82, 2.24) is 19.3 Å². The minimum absolute atomic E-state index is 0.0441. The molecule has 0 saturated heterocycles. The summed E-state index contributed by atoms with van der Waals surface area (Å²) in [5.41, 5.74) is 1.24. The fraction of sp³-hybridized carbons (Fsp3) is 0.625. The predicted molar refractivity (Wildman–Crippen MR) is 137 cm³/mol. The molecular formula is C24H38N6O4S. The predicted octanol–water partition coefficient (Wildman–Crippen LogP) is 2.86. The molecule has 0 radical (unpaired) electrons. The van der Waals surface area contributed by atoms with Gasteiger partial charge in [-0.15, -0.1) is 0 Å². The Morgan fingerprint density at radius 1 is 1.06 bits per heavy atom. The van der Waals surface area contributed by atoms with E-state index in [1.807, 2.05) is 6.92 Å². The zero-order valence-corrected chi connectivity index (χ0v) is 21.5. The molecule has 10 nitrogen and oxygen atoms in total. The number of aliphatic hydroxyl groups excluding tert-OH is 2. The van der Waals surface area contributed by atoms with Crippen LogP contribution in [0.2, 0.25) is 0 Å². The fourth-order valence-electron chi connectivity index (χ4n) is 4.11. The van der Waals surface area contributed by atoms with E-state index in [4.69, 9.17) is 4.98 Å². The summed E-state index contributed by atoms with van der Waals surface area (Å²) in [7, 11) is -3.75. The van der Waals surface area contributed by atoms with Gasteiger partial charge in [-0.25, -0.2) is 13.4 Å². The molecule has 0 bridgehead atoms. The zero-order chi connectivity index (χ0) is 25.3. The molecule has 2 heterocycles. The number of aliphatic hydroxyl groups is 2. The van der Waals surface area contributed by atoms with Gasteiger partial charge < -0.3 is 20.8 Å². The molecular weight excluding hydrogens is 468 g/mol. The molecule has 35 heavy (non-hydrogen) atoms. The maximum Gasteiger partial charge on any atom is 0.244 e. The van der Waals surface area contributed by atoms with Crippen molar-refractivity contribution in [3.05, 3.63) is 24.5 Å². The van der Waals surface area contributed by atoms with Crippen molar-refractivity contribution >= 4 is 21.8 Å². The van der Waals surface area contributed by atoms with Crippen molar-refractivity contribution in [2.75, 3.05) is 36.9 Å². The SMILES string of the molecule is CCCCNc1ncc(-c2ccc(S(=O)(=O)N(CCC)CCO)cn2)c(NC2CCC(O)CC2)n1. The first-order valence-electron chi connectivity index (χ1n) is 12.5. The summed E-state index contributed by atoms with van der Waals surface area (Å²) in [4.78, 5) is 13.7. The molecule has 0 unspecified atom stereocenters. The Balaban J connectivity index is 1.87. The largest absolute Gasteiger partial charge is 0.395 e. The minimum Gasteiger partial charge on any atom is -0.395 e. The Morgan fingerprint density at radius 2 is 1.83 bits per heavy atom. The summed E-state index contributed by atoms with van der Waals surface area (Å²) in [6.45, 7) is 4.92. The van der Waals surface area contributed by atoms with Crippen LogP contribution < -0.4 is 10.6 Å².